The standard InChI is InChI=1S/C11H15FN2O2/c12-8-3-4-9(10(15)7-8)11(16)14-6-2-1-5-13/h3-4,7,15H,1-2,5-6,13H2,(H,14,16). The third-order valence-electron chi connectivity index (χ3n) is 2.12. The molecule has 0 fully saturated rings. The minimum atomic E-state index is -0.572. The van der Waals surface area contributed by atoms with E-state index in [1.54, 1.807) is 0 Å². The Hall–Kier alpha value is -1.62. The molecule has 0 heterocycles. The van der Waals surface area contributed by atoms with Crippen LogP contribution in [0.5, 0.6) is 5.75 Å². The maximum atomic E-state index is 12.7. The number of nitrogens with one attached hydrogen (secondary N) is 1. The fourth-order valence-electron chi connectivity index (χ4n) is 1.26. The molecule has 1 aromatic rings. The lowest BCUT2D eigenvalue weighted by molar-refractivity contribution is 0.0950. The molecule has 5 heteroatoms. The van der Waals surface area contributed by atoms with Crippen molar-refractivity contribution in [1.82, 2.24) is 5.32 Å². The van der Waals surface area contributed by atoms with Gasteiger partial charge >= 0.3 is 0 Å². The van der Waals surface area contributed by atoms with Crippen LogP contribution in [0.1, 0.15) is 23.2 Å². The zero-order valence-electron chi connectivity index (χ0n) is 8.87. The molecular formula is C11H15FN2O2. The summed E-state index contributed by atoms with van der Waals surface area (Å²) < 4.78 is 12.7. The molecule has 4 N–H and O–H groups in total. The van der Waals surface area contributed by atoms with E-state index in [1.807, 2.05) is 0 Å². The number of nitrogens with two attached hydrogens (primary N) is 1. The van der Waals surface area contributed by atoms with E-state index >= 15 is 0 Å². The van der Waals surface area contributed by atoms with Gasteiger partial charge in [-0.3, -0.25) is 4.79 Å². The smallest absolute Gasteiger partial charge is 0.255 e. The van der Waals surface area contributed by atoms with Gasteiger partial charge in [0.15, 0.2) is 0 Å². The van der Waals surface area contributed by atoms with Gasteiger partial charge < -0.3 is 16.2 Å². The van der Waals surface area contributed by atoms with Gasteiger partial charge in [0.1, 0.15) is 11.6 Å². The number of amides is 1. The molecule has 1 aromatic carbocycles. The first-order valence-electron chi connectivity index (χ1n) is 5.12. The quantitative estimate of drug-likeness (QED) is 0.656. The van der Waals surface area contributed by atoms with Crippen LogP contribution in [-0.2, 0) is 0 Å². The lowest BCUT2D eigenvalue weighted by Gasteiger charge is -2.06. The van der Waals surface area contributed by atoms with Crippen LogP contribution < -0.4 is 11.1 Å². The Labute approximate surface area is 93.3 Å². The first-order chi connectivity index (χ1) is 7.65. The van der Waals surface area contributed by atoms with Crippen molar-refractivity contribution in [1.29, 1.82) is 0 Å². The maximum absolute atomic E-state index is 12.7. The zero-order chi connectivity index (χ0) is 12.0. The molecule has 0 saturated carbocycles. The second-order valence-electron chi connectivity index (χ2n) is 3.41. The van der Waals surface area contributed by atoms with E-state index in [4.69, 9.17) is 5.73 Å². The number of phenolic OH excluding ortho intramolecular Hbond substituents is 1. The normalized spacial score (nSPS) is 10.1. The minimum absolute atomic E-state index is 0.0779. The maximum Gasteiger partial charge on any atom is 0.255 e. The van der Waals surface area contributed by atoms with Gasteiger partial charge in [0, 0.05) is 12.6 Å². The molecule has 0 atom stereocenters. The average molecular weight is 226 g/mol. The van der Waals surface area contributed by atoms with Crippen molar-refractivity contribution in [3.8, 4) is 5.75 Å². The van der Waals surface area contributed by atoms with E-state index in [-0.39, 0.29) is 11.3 Å². The zero-order valence-corrected chi connectivity index (χ0v) is 8.87. The Morgan fingerprint density at radius 2 is 2.19 bits per heavy atom. The summed E-state index contributed by atoms with van der Waals surface area (Å²) in [4.78, 5) is 11.5. The molecule has 0 unspecified atom stereocenters. The van der Waals surface area contributed by atoms with E-state index in [2.05, 4.69) is 5.32 Å². The van der Waals surface area contributed by atoms with Crippen molar-refractivity contribution >= 4 is 5.91 Å². The van der Waals surface area contributed by atoms with Gasteiger partial charge in [-0.1, -0.05) is 0 Å². The monoisotopic (exact) mass is 226 g/mol. The number of aromatic hydroxyl groups is 1. The molecule has 0 bridgehead atoms. The number of hydrogen-bond donors (Lipinski definition) is 3. The number of hydrogen-bond acceptors (Lipinski definition) is 3. The van der Waals surface area contributed by atoms with Gasteiger partial charge in [0.25, 0.3) is 5.91 Å². The highest BCUT2D eigenvalue weighted by molar-refractivity contribution is 5.96. The molecule has 16 heavy (non-hydrogen) atoms. The highest BCUT2D eigenvalue weighted by Crippen LogP contribution is 2.17. The van der Waals surface area contributed by atoms with E-state index in [0.717, 1.165) is 25.0 Å². The fourth-order valence-corrected chi connectivity index (χ4v) is 1.26. The first kappa shape index (κ1) is 12.4. The number of carbonyl (C=O) groups is 1. The minimum Gasteiger partial charge on any atom is -0.507 e. The van der Waals surface area contributed by atoms with E-state index in [9.17, 15) is 14.3 Å². The van der Waals surface area contributed by atoms with Gasteiger partial charge in [-0.15, -0.1) is 0 Å². The lowest BCUT2D eigenvalue weighted by atomic mass is 10.2. The molecule has 0 aliphatic rings. The molecule has 0 spiro atoms. The Kier molecular flexibility index (Phi) is 4.72. The van der Waals surface area contributed by atoms with E-state index in [1.165, 1.54) is 6.07 Å². The molecule has 1 rings (SSSR count). The number of carbonyl (C=O) groups excluding carboxylic acids is 1. The summed E-state index contributed by atoms with van der Waals surface area (Å²) in [7, 11) is 0. The van der Waals surface area contributed by atoms with Crippen LogP contribution in [0.25, 0.3) is 0 Å². The molecule has 88 valence electrons. The molecule has 0 radical (unpaired) electrons. The first-order valence-corrected chi connectivity index (χ1v) is 5.12. The largest absolute Gasteiger partial charge is 0.507 e. The van der Waals surface area contributed by atoms with Crippen LogP contribution in [0.2, 0.25) is 0 Å². The molecule has 0 aliphatic heterocycles. The summed E-state index contributed by atoms with van der Waals surface area (Å²) in [5.41, 5.74) is 5.38. The highest BCUT2D eigenvalue weighted by atomic mass is 19.1. The Morgan fingerprint density at radius 3 is 2.81 bits per heavy atom. The van der Waals surface area contributed by atoms with Crippen LogP contribution in [-0.4, -0.2) is 24.1 Å². The van der Waals surface area contributed by atoms with Crippen LogP contribution in [0.3, 0.4) is 0 Å². The van der Waals surface area contributed by atoms with Gasteiger partial charge in [0.05, 0.1) is 5.56 Å². The summed E-state index contributed by atoms with van der Waals surface area (Å²) in [6.45, 7) is 1.07. The summed E-state index contributed by atoms with van der Waals surface area (Å²) in [6, 6.07) is 3.30. The molecule has 1 amide bonds. The van der Waals surface area contributed by atoms with Crippen molar-refractivity contribution < 1.29 is 14.3 Å². The second kappa shape index (κ2) is 6.07. The van der Waals surface area contributed by atoms with Crippen molar-refractivity contribution in [2.24, 2.45) is 5.73 Å². The summed E-state index contributed by atoms with van der Waals surface area (Å²) in [6.07, 6.45) is 1.61. The van der Waals surface area contributed by atoms with E-state index in [0.29, 0.717) is 13.1 Å². The molecular weight excluding hydrogens is 211 g/mol. The molecule has 4 nitrogen and oxygen atoms in total. The van der Waals surface area contributed by atoms with Gasteiger partial charge in [-0.05, 0) is 31.5 Å². The SMILES string of the molecule is NCCCCNC(=O)c1ccc(F)cc1O. The van der Waals surface area contributed by atoms with Crippen molar-refractivity contribution in [3.05, 3.63) is 29.6 Å². The summed E-state index contributed by atoms with van der Waals surface area (Å²) >= 11 is 0. The Bertz CT molecular complexity index is 369. The van der Waals surface area contributed by atoms with Gasteiger partial charge in [-0.2, -0.15) is 0 Å². The number of halogens is 1. The van der Waals surface area contributed by atoms with Crippen LogP contribution in [0.4, 0.5) is 4.39 Å². The van der Waals surface area contributed by atoms with Crippen molar-refractivity contribution in [2.75, 3.05) is 13.1 Å². The topological polar surface area (TPSA) is 75.3 Å². The lowest BCUT2D eigenvalue weighted by Crippen LogP contribution is -2.24. The molecule has 0 aromatic heterocycles. The Morgan fingerprint density at radius 1 is 1.44 bits per heavy atom. The third kappa shape index (κ3) is 3.51. The third-order valence-corrected chi connectivity index (χ3v) is 2.12. The van der Waals surface area contributed by atoms with Crippen molar-refractivity contribution in [3.63, 3.8) is 0 Å². The molecule has 0 saturated heterocycles. The number of phenols is 1. The van der Waals surface area contributed by atoms with Crippen molar-refractivity contribution in [2.45, 2.75) is 12.8 Å². The predicted octanol–water partition coefficient (Wildman–Crippen LogP) is 1.00. The summed E-state index contributed by atoms with van der Waals surface area (Å²) in [5.74, 6) is -1.33. The van der Waals surface area contributed by atoms with Crippen LogP contribution in [0.15, 0.2) is 18.2 Å². The van der Waals surface area contributed by atoms with E-state index < -0.39 is 11.7 Å². The van der Waals surface area contributed by atoms with Gasteiger partial charge in [-0.25, -0.2) is 4.39 Å². The predicted molar refractivity (Wildman–Crippen MR) is 58.7 cm³/mol. The highest BCUT2D eigenvalue weighted by Gasteiger charge is 2.10. The van der Waals surface area contributed by atoms with Crippen LogP contribution in [0, 0.1) is 5.82 Å². The fraction of sp³-hybridized carbons (Fsp3) is 0.364. The average Bonchev–Trinajstić information content (AvgIpc) is 2.24. The number of rotatable bonds is 5. The number of benzene rings is 1. The molecule has 0 aliphatic carbocycles. The second-order valence-corrected chi connectivity index (χ2v) is 3.41. The van der Waals surface area contributed by atoms with Crippen LogP contribution >= 0.6 is 0 Å². The number of unbranched alkanes of at least 4 members (excludes halogenated alkanes) is 1. The Balaban J connectivity index is 2.53. The summed E-state index contributed by atoms with van der Waals surface area (Å²) in [5, 5.41) is 12.0. The van der Waals surface area contributed by atoms with Gasteiger partial charge in [0.2, 0.25) is 0 Å².